The maximum atomic E-state index is 13.3. The molecule has 0 spiro atoms. The van der Waals surface area contributed by atoms with E-state index in [0.29, 0.717) is 12.8 Å². The molecule has 19 heteroatoms. The molecule has 77 heavy (non-hydrogen) atoms. The Morgan fingerprint density at radius 2 is 0.831 bits per heavy atom. The number of amides is 1. The van der Waals surface area contributed by atoms with Crippen LogP contribution in [-0.2, 0) is 33.2 Å². The average molecular weight is 1110 g/mol. The van der Waals surface area contributed by atoms with Crippen molar-refractivity contribution in [1.82, 2.24) is 5.32 Å². The van der Waals surface area contributed by atoms with Crippen LogP contribution in [0.1, 0.15) is 206 Å². The molecule has 0 aromatic rings. The predicted octanol–water partition coefficient (Wildman–Crippen LogP) is 5.15. The fourth-order valence-corrected chi connectivity index (χ4v) is 10.3. The third kappa shape index (κ3) is 26.4. The van der Waals surface area contributed by atoms with E-state index in [9.17, 15) is 61.0 Å². The van der Waals surface area contributed by atoms with Crippen molar-refractivity contribution in [2.75, 3.05) is 26.4 Å². The second-order valence-electron chi connectivity index (χ2n) is 21.8. The fourth-order valence-electron chi connectivity index (χ4n) is 10.3. The molecule has 0 aromatic carbocycles. The molecule has 0 aliphatic carbocycles. The first-order valence-corrected chi connectivity index (χ1v) is 30.1. The van der Waals surface area contributed by atoms with Gasteiger partial charge >= 0.3 is 0 Å². The summed E-state index contributed by atoms with van der Waals surface area (Å²) in [5.41, 5.74) is 0. The van der Waals surface area contributed by atoms with Gasteiger partial charge in [-0.1, -0.05) is 192 Å². The summed E-state index contributed by atoms with van der Waals surface area (Å²) in [6, 6.07) is -0.984. The van der Waals surface area contributed by atoms with Crippen LogP contribution >= 0.6 is 0 Å². The normalized spacial score (nSPS) is 30.8. The molecule has 17 unspecified atom stereocenters. The van der Waals surface area contributed by atoms with Crippen LogP contribution in [0.3, 0.4) is 0 Å². The minimum atomic E-state index is -1.98. The van der Waals surface area contributed by atoms with Crippen LogP contribution in [0.15, 0.2) is 24.3 Å². The fraction of sp³-hybridized carbons (Fsp3) is 0.914. The van der Waals surface area contributed by atoms with Gasteiger partial charge in [-0.25, -0.2) is 0 Å². The van der Waals surface area contributed by atoms with Crippen molar-refractivity contribution in [3.8, 4) is 0 Å². The third-order valence-corrected chi connectivity index (χ3v) is 15.3. The van der Waals surface area contributed by atoms with Gasteiger partial charge in [0.05, 0.1) is 38.6 Å². The second kappa shape index (κ2) is 42.1. The molecule has 3 fully saturated rings. The van der Waals surface area contributed by atoms with Crippen LogP contribution in [0.5, 0.6) is 0 Å². The Hall–Kier alpha value is -1.73. The molecule has 3 aliphatic heterocycles. The highest BCUT2D eigenvalue weighted by molar-refractivity contribution is 5.76. The largest absolute Gasteiger partial charge is 0.394 e. The Kier molecular flexibility index (Phi) is 38.1. The zero-order valence-electron chi connectivity index (χ0n) is 46.9. The van der Waals surface area contributed by atoms with E-state index in [1.807, 2.05) is 6.08 Å². The third-order valence-electron chi connectivity index (χ3n) is 15.3. The van der Waals surface area contributed by atoms with Crippen molar-refractivity contribution in [1.29, 1.82) is 0 Å². The molecule has 3 rings (SSSR count). The summed E-state index contributed by atoms with van der Waals surface area (Å²) < 4.78 is 34.2. The van der Waals surface area contributed by atoms with Crippen molar-refractivity contribution in [2.24, 2.45) is 0 Å². The quantitative estimate of drug-likeness (QED) is 0.0277. The number of carbonyl (C=O) groups is 1. The molecule has 12 N–H and O–H groups in total. The predicted molar refractivity (Wildman–Crippen MR) is 291 cm³/mol. The highest BCUT2D eigenvalue weighted by Crippen LogP contribution is 2.33. The van der Waals surface area contributed by atoms with Gasteiger partial charge in [0.25, 0.3) is 0 Å². The van der Waals surface area contributed by atoms with E-state index in [0.717, 1.165) is 38.5 Å². The van der Waals surface area contributed by atoms with Gasteiger partial charge in [-0.2, -0.15) is 0 Å². The molecule has 17 atom stereocenters. The monoisotopic (exact) mass is 1110 g/mol. The van der Waals surface area contributed by atoms with Crippen molar-refractivity contribution in [2.45, 2.75) is 311 Å². The number of unbranched alkanes of at least 4 members (excludes halogenated alkanes) is 26. The Bertz CT molecular complexity index is 1510. The smallest absolute Gasteiger partial charge is 0.220 e. The topological polar surface area (TPSA) is 307 Å². The van der Waals surface area contributed by atoms with E-state index in [-0.39, 0.29) is 18.9 Å². The van der Waals surface area contributed by atoms with Gasteiger partial charge in [-0.15, -0.1) is 0 Å². The van der Waals surface area contributed by atoms with Gasteiger partial charge in [0.15, 0.2) is 18.9 Å². The van der Waals surface area contributed by atoms with E-state index in [1.54, 1.807) is 6.08 Å². The summed E-state index contributed by atoms with van der Waals surface area (Å²) in [6.45, 7) is 1.70. The van der Waals surface area contributed by atoms with Crippen LogP contribution in [0.4, 0.5) is 0 Å². The molecule has 19 nitrogen and oxygen atoms in total. The number of aliphatic hydroxyl groups is 11. The molecule has 0 aromatic heterocycles. The molecule has 3 aliphatic rings. The lowest BCUT2D eigenvalue weighted by molar-refractivity contribution is -0.379. The SMILES string of the molecule is CCCCCCCCCC/C=C/CC/C=C/C(O)C(COC1OC(CO)C(OC2OC(CO)C(OC3OC(CO)C(O)C(O)C3O)C(O)C2O)C(O)C1O)NC(=O)CCCCCCCCCCCCCCCCCCCC. The number of rotatable bonds is 44. The van der Waals surface area contributed by atoms with Gasteiger partial charge < -0.3 is 89.9 Å². The highest BCUT2D eigenvalue weighted by atomic mass is 16.8. The molecule has 0 bridgehead atoms. The Labute approximate surface area is 460 Å². The molecule has 3 heterocycles. The molecule has 0 radical (unpaired) electrons. The molecular weight excluding hydrogens is 999 g/mol. The van der Waals surface area contributed by atoms with E-state index in [4.69, 9.17) is 28.4 Å². The number of hydrogen-bond acceptors (Lipinski definition) is 18. The molecule has 1 amide bonds. The average Bonchev–Trinajstić information content (AvgIpc) is 3.43. The summed E-state index contributed by atoms with van der Waals surface area (Å²) >= 11 is 0. The van der Waals surface area contributed by atoms with Crippen molar-refractivity contribution >= 4 is 5.91 Å². The maximum Gasteiger partial charge on any atom is 0.220 e. The van der Waals surface area contributed by atoms with Gasteiger partial charge in [0.2, 0.25) is 5.91 Å². The summed E-state index contributed by atoms with van der Waals surface area (Å²) in [4.78, 5) is 13.3. The lowest BCUT2D eigenvalue weighted by atomic mass is 9.96. The summed E-state index contributed by atoms with van der Waals surface area (Å²) in [5, 5.41) is 120. The van der Waals surface area contributed by atoms with Gasteiger partial charge in [-0.3, -0.25) is 4.79 Å². The zero-order valence-corrected chi connectivity index (χ0v) is 46.9. The van der Waals surface area contributed by atoms with Gasteiger partial charge in [0, 0.05) is 6.42 Å². The van der Waals surface area contributed by atoms with Crippen LogP contribution in [-0.4, -0.2) is 193 Å². The minimum absolute atomic E-state index is 0.240. The zero-order chi connectivity index (χ0) is 56.2. The number of nitrogens with one attached hydrogen (secondary N) is 1. The number of aliphatic hydroxyl groups excluding tert-OH is 11. The van der Waals surface area contributed by atoms with Crippen molar-refractivity contribution in [3.63, 3.8) is 0 Å². The lowest BCUT2D eigenvalue weighted by Gasteiger charge is -2.48. The molecule has 0 saturated carbocycles. The summed E-state index contributed by atoms with van der Waals surface area (Å²) in [6.07, 6.45) is 15.9. The molecule has 3 saturated heterocycles. The first kappa shape index (κ1) is 69.5. The number of carbonyl (C=O) groups excluding carboxylic acids is 1. The van der Waals surface area contributed by atoms with Gasteiger partial charge in [-0.05, 0) is 32.1 Å². The Morgan fingerprint density at radius 1 is 0.455 bits per heavy atom. The van der Waals surface area contributed by atoms with E-state index in [2.05, 4.69) is 31.3 Å². The molecular formula is C58H107NO18. The Balaban J connectivity index is 1.51. The Morgan fingerprint density at radius 3 is 1.30 bits per heavy atom. The number of ether oxygens (including phenoxy) is 6. The first-order valence-electron chi connectivity index (χ1n) is 30.1. The van der Waals surface area contributed by atoms with Crippen LogP contribution in [0.2, 0.25) is 0 Å². The summed E-state index contributed by atoms with van der Waals surface area (Å²) in [7, 11) is 0. The number of allylic oxidation sites excluding steroid dienone is 3. The highest BCUT2D eigenvalue weighted by Gasteiger charge is 2.53. The first-order chi connectivity index (χ1) is 37.3. The van der Waals surface area contributed by atoms with E-state index >= 15 is 0 Å². The second-order valence-corrected chi connectivity index (χ2v) is 21.8. The van der Waals surface area contributed by atoms with Crippen LogP contribution < -0.4 is 5.32 Å². The summed E-state index contributed by atoms with van der Waals surface area (Å²) in [5.74, 6) is -0.284. The lowest BCUT2D eigenvalue weighted by Crippen LogP contribution is -2.66. The van der Waals surface area contributed by atoms with E-state index < -0.39 is 124 Å². The van der Waals surface area contributed by atoms with Crippen molar-refractivity contribution < 1.29 is 89.4 Å². The van der Waals surface area contributed by atoms with Gasteiger partial charge in [0.1, 0.15) is 73.2 Å². The van der Waals surface area contributed by atoms with Crippen LogP contribution in [0.25, 0.3) is 0 Å². The molecule has 452 valence electrons. The minimum Gasteiger partial charge on any atom is -0.394 e. The maximum absolute atomic E-state index is 13.3. The van der Waals surface area contributed by atoms with Crippen molar-refractivity contribution in [3.05, 3.63) is 24.3 Å². The standard InChI is InChI=1S/C58H107NO18/c1-3-5-7-9-11-13-15-17-19-20-21-22-24-26-28-30-32-34-36-46(64)59-41(42(63)35-33-31-29-27-25-23-18-16-14-12-10-8-6-4-2)40-72-56-52(70)49(67)54(44(38-61)74-56)77-58-53(71)50(68)55(45(39-62)75-58)76-57-51(69)48(66)47(65)43(37-60)73-57/h25,27,33,35,41-45,47-58,60-63,65-71H,3-24,26,28-32,34,36-40H2,1-2H3,(H,59,64)/b27-25+,35-33+. The van der Waals surface area contributed by atoms with Crippen LogP contribution in [0, 0.1) is 0 Å². The number of hydrogen-bond donors (Lipinski definition) is 12. The van der Waals surface area contributed by atoms with E-state index in [1.165, 1.54) is 135 Å².